The summed E-state index contributed by atoms with van der Waals surface area (Å²) < 4.78 is 0. The summed E-state index contributed by atoms with van der Waals surface area (Å²) in [6.07, 6.45) is 2.47. The Labute approximate surface area is 188 Å². The van der Waals surface area contributed by atoms with Gasteiger partial charge < -0.3 is 26.4 Å². The lowest BCUT2D eigenvalue weighted by Crippen LogP contribution is -2.41. The standard InChI is InChI=1S/C20H31ClN6O2S/c1-10-11(2)15(8-13(10)9-28)24-19-16(18(22)30)17(21)25-20(26-19)23-14-4-6-27(7-5-14)12(3)29/h10-11,13-15,28H,4-9H2,1-3H3,(H2,22,30)(H2,23,24,25,26). The molecule has 2 fully saturated rings. The van der Waals surface area contributed by atoms with Crippen molar-refractivity contribution in [3.8, 4) is 0 Å². The van der Waals surface area contributed by atoms with E-state index >= 15 is 0 Å². The van der Waals surface area contributed by atoms with Crippen molar-refractivity contribution < 1.29 is 9.90 Å². The van der Waals surface area contributed by atoms with Crippen molar-refractivity contribution in [3.63, 3.8) is 0 Å². The van der Waals surface area contributed by atoms with E-state index in [2.05, 4.69) is 34.4 Å². The van der Waals surface area contributed by atoms with E-state index in [9.17, 15) is 9.90 Å². The van der Waals surface area contributed by atoms with Crippen LogP contribution >= 0.6 is 23.8 Å². The van der Waals surface area contributed by atoms with E-state index < -0.39 is 0 Å². The zero-order chi connectivity index (χ0) is 22.0. The third-order valence-electron chi connectivity index (χ3n) is 6.71. The first-order valence-electron chi connectivity index (χ1n) is 10.5. The minimum atomic E-state index is 0.0983. The number of nitrogens with zero attached hydrogens (tertiary/aromatic N) is 3. The number of aliphatic hydroxyl groups is 1. The number of halogens is 1. The van der Waals surface area contributed by atoms with Crippen molar-refractivity contribution in [1.82, 2.24) is 14.9 Å². The van der Waals surface area contributed by atoms with E-state index in [0.29, 0.717) is 42.3 Å². The maximum atomic E-state index is 11.5. The third-order valence-corrected chi connectivity index (χ3v) is 7.18. The highest BCUT2D eigenvalue weighted by Gasteiger charge is 2.38. The molecule has 166 valence electrons. The van der Waals surface area contributed by atoms with Crippen molar-refractivity contribution in [1.29, 1.82) is 0 Å². The van der Waals surface area contributed by atoms with Gasteiger partial charge in [0, 0.05) is 38.7 Å². The summed E-state index contributed by atoms with van der Waals surface area (Å²) in [5.41, 5.74) is 6.35. The Morgan fingerprint density at radius 2 is 1.93 bits per heavy atom. The molecule has 0 radical (unpaired) electrons. The Kier molecular flexibility index (Phi) is 7.36. The normalized spacial score (nSPS) is 27.2. The Morgan fingerprint density at radius 3 is 2.47 bits per heavy atom. The minimum absolute atomic E-state index is 0.0983. The number of thiocarbonyl (C=S) groups is 1. The van der Waals surface area contributed by atoms with Gasteiger partial charge in [-0.15, -0.1) is 0 Å². The zero-order valence-corrected chi connectivity index (χ0v) is 19.3. The first-order valence-corrected chi connectivity index (χ1v) is 11.3. The molecule has 0 spiro atoms. The molecule has 3 rings (SSSR count). The second-order valence-electron chi connectivity index (χ2n) is 8.50. The second kappa shape index (κ2) is 9.62. The molecule has 8 nitrogen and oxygen atoms in total. The van der Waals surface area contributed by atoms with Gasteiger partial charge in [0.2, 0.25) is 11.9 Å². The van der Waals surface area contributed by atoms with E-state index in [4.69, 9.17) is 29.6 Å². The molecule has 1 aliphatic heterocycles. The maximum absolute atomic E-state index is 11.5. The highest BCUT2D eigenvalue weighted by molar-refractivity contribution is 7.80. The van der Waals surface area contributed by atoms with Gasteiger partial charge in [0.15, 0.2) is 0 Å². The molecule has 1 aromatic heterocycles. The highest BCUT2D eigenvalue weighted by Crippen LogP contribution is 2.38. The number of likely N-dealkylation sites (tertiary alicyclic amines) is 1. The smallest absolute Gasteiger partial charge is 0.226 e. The highest BCUT2D eigenvalue weighted by atomic mass is 35.5. The number of hydrogen-bond donors (Lipinski definition) is 4. The fourth-order valence-electron chi connectivity index (χ4n) is 4.50. The molecule has 1 amide bonds. The number of amides is 1. The van der Waals surface area contributed by atoms with Gasteiger partial charge in [-0.1, -0.05) is 37.7 Å². The summed E-state index contributed by atoms with van der Waals surface area (Å²) in [5.74, 6) is 2.02. The number of carbonyl (C=O) groups is 1. The molecular weight excluding hydrogens is 424 g/mol. The van der Waals surface area contributed by atoms with Gasteiger partial charge in [-0.3, -0.25) is 4.79 Å². The van der Waals surface area contributed by atoms with Crippen LogP contribution in [0.5, 0.6) is 0 Å². The van der Waals surface area contributed by atoms with Crippen molar-refractivity contribution in [2.75, 3.05) is 30.3 Å². The molecule has 0 aromatic carbocycles. The second-order valence-corrected chi connectivity index (χ2v) is 9.30. The van der Waals surface area contributed by atoms with E-state index in [1.807, 2.05) is 4.90 Å². The van der Waals surface area contributed by atoms with Crippen molar-refractivity contribution >= 4 is 46.5 Å². The lowest BCUT2D eigenvalue weighted by atomic mass is 9.92. The number of aromatic nitrogens is 2. The van der Waals surface area contributed by atoms with Crippen LogP contribution in [-0.4, -0.2) is 62.7 Å². The molecule has 4 atom stereocenters. The number of hydrogen-bond acceptors (Lipinski definition) is 7. The Bertz CT molecular complexity index is 802. The van der Waals surface area contributed by atoms with Crippen LogP contribution in [0, 0.1) is 17.8 Å². The number of piperidine rings is 1. The molecule has 30 heavy (non-hydrogen) atoms. The molecule has 2 aliphatic rings. The van der Waals surface area contributed by atoms with Gasteiger partial charge in [-0.25, -0.2) is 4.98 Å². The van der Waals surface area contributed by atoms with Gasteiger partial charge in [0.25, 0.3) is 0 Å². The SMILES string of the molecule is CC(=O)N1CCC(Nc2nc(Cl)c(C(N)=S)c(NC3CC(CO)C(C)C3C)n2)CC1. The molecule has 1 aliphatic carbocycles. The van der Waals surface area contributed by atoms with Crippen LogP contribution in [0.1, 0.15) is 45.6 Å². The van der Waals surface area contributed by atoms with Gasteiger partial charge in [0.05, 0.1) is 5.56 Å². The average Bonchev–Trinajstić information content (AvgIpc) is 2.95. The van der Waals surface area contributed by atoms with Gasteiger partial charge in [0.1, 0.15) is 16.0 Å². The van der Waals surface area contributed by atoms with E-state index in [0.717, 1.165) is 19.3 Å². The van der Waals surface area contributed by atoms with Gasteiger partial charge >= 0.3 is 0 Å². The van der Waals surface area contributed by atoms with E-state index in [-0.39, 0.29) is 40.7 Å². The number of anilines is 2. The monoisotopic (exact) mass is 454 g/mol. The van der Waals surface area contributed by atoms with Crippen LogP contribution in [0.15, 0.2) is 0 Å². The molecule has 10 heteroatoms. The molecule has 5 N–H and O–H groups in total. The topological polar surface area (TPSA) is 116 Å². The summed E-state index contributed by atoms with van der Waals surface area (Å²) in [7, 11) is 0. The maximum Gasteiger partial charge on any atom is 0.226 e. The number of nitrogens with one attached hydrogen (secondary N) is 2. The van der Waals surface area contributed by atoms with Crippen LogP contribution in [0.3, 0.4) is 0 Å². The molecular formula is C20H31ClN6O2S. The lowest BCUT2D eigenvalue weighted by Gasteiger charge is -2.31. The summed E-state index contributed by atoms with van der Waals surface area (Å²) in [5, 5.41) is 16.7. The fraction of sp³-hybridized carbons (Fsp3) is 0.700. The molecule has 1 aromatic rings. The number of rotatable bonds is 6. The Hall–Kier alpha value is -1.71. The quantitative estimate of drug-likeness (QED) is 0.382. The van der Waals surface area contributed by atoms with Crippen LogP contribution in [-0.2, 0) is 4.79 Å². The van der Waals surface area contributed by atoms with Gasteiger partial charge in [-0.05, 0) is 37.0 Å². The Morgan fingerprint density at radius 1 is 1.27 bits per heavy atom. The summed E-state index contributed by atoms with van der Waals surface area (Å²) in [6.45, 7) is 7.50. The largest absolute Gasteiger partial charge is 0.396 e. The first kappa shape index (κ1) is 23.0. The van der Waals surface area contributed by atoms with Crippen molar-refractivity contribution in [3.05, 3.63) is 10.7 Å². The summed E-state index contributed by atoms with van der Waals surface area (Å²) >= 11 is 11.6. The predicted molar refractivity (Wildman–Crippen MR) is 123 cm³/mol. The van der Waals surface area contributed by atoms with Gasteiger partial charge in [-0.2, -0.15) is 4.98 Å². The number of nitrogens with two attached hydrogens (primary N) is 1. The lowest BCUT2D eigenvalue weighted by molar-refractivity contribution is -0.129. The van der Waals surface area contributed by atoms with Crippen LogP contribution in [0.2, 0.25) is 5.15 Å². The van der Waals surface area contributed by atoms with Crippen molar-refractivity contribution in [2.24, 2.45) is 23.5 Å². The number of carbonyl (C=O) groups excluding carboxylic acids is 1. The van der Waals surface area contributed by atoms with E-state index in [1.165, 1.54) is 0 Å². The number of aliphatic hydroxyl groups excluding tert-OH is 1. The zero-order valence-electron chi connectivity index (χ0n) is 17.7. The summed E-state index contributed by atoms with van der Waals surface area (Å²) in [6, 6.07) is 0.285. The summed E-state index contributed by atoms with van der Waals surface area (Å²) in [4.78, 5) is 22.5. The molecule has 0 bridgehead atoms. The fourth-order valence-corrected chi connectivity index (χ4v) is 5.02. The average molecular weight is 455 g/mol. The van der Waals surface area contributed by atoms with E-state index in [1.54, 1.807) is 6.92 Å². The van der Waals surface area contributed by atoms with Crippen LogP contribution < -0.4 is 16.4 Å². The molecule has 2 heterocycles. The molecule has 4 unspecified atom stereocenters. The third kappa shape index (κ3) is 4.95. The first-order chi connectivity index (χ1) is 14.2. The minimum Gasteiger partial charge on any atom is -0.396 e. The van der Waals surface area contributed by atoms with Crippen LogP contribution in [0.4, 0.5) is 11.8 Å². The Balaban J connectivity index is 1.78. The predicted octanol–water partition coefficient (Wildman–Crippen LogP) is 2.25. The van der Waals surface area contributed by atoms with Crippen molar-refractivity contribution in [2.45, 2.75) is 52.1 Å². The molecule has 1 saturated carbocycles. The van der Waals surface area contributed by atoms with Crippen LogP contribution in [0.25, 0.3) is 0 Å². The molecule has 1 saturated heterocycles.